The molecule has 26 heavy (non-hydrogen) atoms. The summed E-state index contributed by atoms with van der Waals surface area (Å²) < 4.78 is 4.87. The summed E-state index contributed by atoms with van der Waals surface area (Å²) in [5.41, 5.74) is 0.190. The first-order valence-electron chi connectivity index (χ1n) is 7.75. The zero-order chi connectivity index (χ0) is 18.9. The zero-order valence-corrected chi connectivity index (χ0v) is 18.0. The fraction of sp³-hybridized carbons (Fsp3) is 0.235. The third-order valence-electron chi connectivity index (χ3n) is 3.89. The fourth-order valence-electron chi connectivity index (χ4n) is 2.31. The Morgan fingerprint density at radius 3 is 2.54 bits per heavy atom. The van der Waals surface area contributed by atoms with E-state index < -0.39 is 5.54 Å². The molecule has 0 aliphatic carbocycles. The highest BCUT2D eigenvalue weighted by Crippen LogP contribution is 2.24. The molecule has 0 bridgehead atoms. The second-order valence-electron chi connectivity index (χ2n) is 6.27. The lowest BCUT2D eigenvalue weighted by atomic mass is 10.1. The van der Waals surface area contributed by atoms with Gasteiger partial charge in [0.2, 0.25) is 0 Å². The minimum Gasteiger partial charge on any atom is -0.306 e. The zero-order valence-electron chi connectivity index (χ0n) is 14.1. The fourth-order valence-corrected chi connectivity index (χ4v) is 3.14. The Bertz CT molecular complexity index is 933. The van der Waals surface area contributed by atoms with E-state index in [1.807, 2.05) is 30.5 Å². The Kier molecular flexibility index (Phi) is 5.55. The van der Waals surface area contributed by atoms with Gasteiger partial charge in [0, 0.05) is 17.4 Å². The predicted octanol–water partition coefficient (Wildman–Crippen LogP) is 4.68. The molecule has 1 N–H and O–H groups in total. The summed E-state index contributed by atoms with van der Waals surface area (Å²) in [6, 6.07) is 7.55. The second kappa shape index (κ2) is 7.54. The highest BCUT2D eigenvalue weighted by molar-refractivity contribution is 9.10. The number of aromatic nitrogens is 4. The van der Waals surface area contributed by atoms with Crippen LogP contribution in [0.4, 0.5) is 5.82 Å². The maximum atomic E-state index is 12.7. The lowest BCUT2D eigenvalue weighted by Crippen LogP contribution is -2.40. The minimum absolute atomic E-state index is 0.217. The van der Waals surface area contributed by atoms with Gasteiger partial charge in [-0.2, -0.15) is 10.2 Å². The number of carbonyl (C=O) groups excluding carboxylic acids is 1. The predicted molar refractivity (Wildman–Crippen MR) is 108 cm³/mol. The van der Waals surface area contributed by atoms with Crippen LogP contribution in [0.3, 0.4) is 0 Å². The van der Waals surface area contributed by atoms with Crippen molar-refractivity contribution in [3.05, 3.63) is 62.4 Å². The molecular weight excluding hydrogens is 485 g/mol. The third-order valence-corrected chi connectivity index (χ3v) is 5.13. The molecule has 2 aromatic heterocycles. The van der Waals surface area contributed by atoms with E-state index in [0.717, 1.165) is 10.0 Å². The average molecular weight is 502 g/mol. The molecule has 0 atom stereocenters. The molecule has 0 fully saturated rings. The van der Waals surface area contributed by atoms with Gasteiger partial charge < -0.3 is 5.32 Å². The first-order chi connectivity index (χ1) is 12.3. The van der Waals surface area contributed by atoms with Crippen molar-refractivity contribution < 1.29 is 4.79 Å². The molecule has 1 aromatic carbocycles. The number of nitrogens with zero attached hydrogens (tertiary/aromatic N) is 4. The van der Waals surface area contributed by atoms with Crippen LogP contribution in [0.1, 0.15) is 19.4 Å². The van der Waals surface area contributed by atoms with Crippen molar-refractivity contribution in [1.82, 2.24) is 19.6 Å². The Hall–Kier alpha value is -1.64. The number of rotatable bonds is 5. The van der Waals surface area contributed by atoms with Crippen LogP contribution in [-0.2, 0) is 16.9 Å². The van der Waals surface area contributed by atoms with E-state index in [1.54, 1.807) is 35.6 Å². The van der Waals surface area contributed by atoms with Crippen LogP contribution in [0.15, 0.2) is 51.8 Å². The number of anilines is 1. The van der Waals surface area contributed by atoms with Crippen LogP contribution >= 0.6 is 43.5 Å². The van der Waals surface area contributed by atoms with Crippen molar-refractivity contribution in [3.8, 4) is 0 Å². The number of carbonyl (C=O) groups is 1. The van der Waals surface area contributed by atoms with Gasteiger partial charge in [-0.1, -0.05) is 23.7 Å². The minimum atomic E-state index is -0.870. The molecular formula is C17H16Br2ClN5O. The molecule has 3 rings (SSSR count). The largest absolute Gasteiger partial charge is 0.306 e. The van der Waals surface area contributed by atoms with E-state index in [4.69, 9.17) is 11.6 Å². The monoisotopic (exact) mass is 499 g/mol. The number of benzene rings is 1. The summed E-state index contributed by atoms with van der Waals surface area (Å²) in [7, 11) is 0. The van der Waals surface area contributed by atoms with Crippen LogP contribution < -0.4 is 5.32 Å². The SMILES string of the molecule is CC(C)(C(=O)Nc1nn(Cc2ccc(Cl)cc2)cc1Br)n1cc(Br)cn1. The molecule has 3 aromatic rings. The number of hydrogen-bond acceptors (Lipinski definition) is 3. The molecule has 0 aliphatic rings. The van der Waals surface area contributed by atoms with Gasteiger partial charge in [-0.3, -0.25) is 14.2 Å². The molecule has 0 aliphatic heterocycles. The van der Waals surface area contributed by atoms with Gasteiger partial charge in [0.25, 0.3) is 5.91 Å². The van der Waals surface area contributed by atoms with Crippen molar-refractivity contribution in [3.63, 3.8) is 0 Å². The summed E-state index contributed by atoms with van der Waals surface area (Å²) in [4.78, 5) is 12.7. The number of nitrogens with one attached hydrogen (secondary N) is 1. The third kappa shape index (κ3) is 4.19. The molecule has 0 saturated heterocycles. The molecule has 0 saturated carbocycles. The van der Waals surface area contributed by atoms with Crippen molar-refractivity contribution in [2.24, 2.45) is 0 Å². The van der Waals surface area contributed by atoms with E-state index >= 15 is 0 Å². The van der Waals surface area contributed by atoms with Gasteiger partial charge in [0.1, 0.15) is 5.54 Å². The molecule has 0 radical (unpaired) electrons. The normalized spacial score (nSPS) is 11.6. The summed E-state index contributed by atoms with van der Waals surface area (Å²) in [5.74, 6) is 0.244. The molecule has 0 unspecified atom stereocenters. The van der Waals surface area contributed by atoms with Gasteiger partial charge in [0.15, 0.2) is 5.82 Å². The van der Waals surface area contributed by atoms with Crippen LogP contribution in [0.5, 0.6) is 0 Å². The van der Waals surface area contributed by atoms with Crippen molar-refractivity contribution in [2.75, 3.05) is 5.32 Å². The summed E-state index contributed by atoms with van der Waals surface area (Å²) >= 11 is 12.7. The van der Waals surface area contributed by atoms with E-state index in [-0.39, 0.29) is 5.91 Å². The van der Waals surface area contributed by atoms with Crippen LogP contribution in [0, 0.1) is 0 Å². The average Bonchev–Trinajstić information content (AvgIpc) is 3.16. The van der Waals surface area contributed by atoms with Crippen molar-refractivity contribution >= 4 is 55.2 Å². The van der Waals surface area contributed by atoms with E-state index in [9.17, 15) is 4.79 Å². The van der Waals surface area contributed by atoms with Gasteiger partial charge >= 0.3 is 0 Å². The number of halogens is 3. The molecule has 6 nitrogen and oxygen atoms in total. The van der Waals surface area contributed by atoms with Crippen molar-refractivity contribution in [2.45, 2.75) is 25.9 Å². The van der Waals surface area contributed by atoms with Gasteiger partial charge in [0.05, 0.1) is 21.7 Å². The van der Waals surface area contributed by atoms with Gasteiger partial charge in [-0.05, 0) is 63.4 Å². The molecule has 0 spiro atoms. The second-order valence-corrected chi connectivity index (χ2v) is 8.47. The Labute approximate surface area is 172 Å². The summed E-state index contributed by atoms with van der Waals surface area (Å²) in [5, 5.41) is 12.2. The topological polar surface area (TPSA) is 64.7 Å². The summed E-state index contributed by atoms with van der Waals surface area (Å²) in [6.45, 7) is 4.15. The smallest absolute Gasteiger partial charge is 0.253 e. The Morgan fingerprint density at radius 1 is 1.23 bits per heavy atom. The van der Waals surface area contributed by atoms with E-state index in [1.165, 1.54) is 0 Å². The number of hydrogen-bond donors (Lipinski definition) is 1. The molecule has 9 heteroatoms. The van der Waals surface area contributed by atoms with Gasteiger partial charge in [-0.15, -0.1) is 0 Å². The summed E-state index contributed by atoms with van der Waals surface area (Å²) in [6.07, 6.45) is 5.22. The maximum absolute atomic E-state index is 12.7. The van der Waals surface area contributed by atoms with Crippen molar-refractivity contribution in [1.29, 1.82) is 0 Å². The molecule has 2 heterocycles. The van der Waals surface area contributed by atoms with Crippen LogP contribution in [0.2, 0.25) is 5.02 Å². The molecule has 1 amide bonds. The highest BCUT2D eigenvalue weighted by atomic mass is 79.9. The quantitative estimate of drug-likeness (QED) is 0.552. The Morgan fingerprint density at radius 2 is 1.92 bits per heavy atom. The van der Waals surface area contributed by atoms with E-state index in [0.29, 0.717) is 21.9 Å². The molecule has 136 valence electrons. The van der Waals surface area contributed by atoms with E-state index in [2.05, 4.69) is 47.4 Å². The lowest BCUT2D eigenvalue weighted by Gasteiger charge is -2.23. The Balaban J connectivity index is 1.74. The van der Waals surface area contributed by atoms with Crippen LogP contribution in [0.25, 0.3) is 0 Å². The lowest BCUT2D eigenvalue weighted by molar-refractivity contribution is -0.123. The highest BCUT2D eigenvalue weighted by Gasteiger charge is 2.31. The van der Waals surface area contributed by atoms with Crippen LogP contribution in [-0.4, -0.2) is 25.5 Å². The first-order valence-corrected chi connectivity index (χ1v) is 9.71. The van der Waals surface area contributed by atoms with Gasteiger partial charge in [-0.25, -0.2) is 0 Å². The maximum Gasteiger partial charge on any atom is 0.253 e. The standard InChI is InChI=1S/C17H16Br2ClN5O/c1-17(2,25-9-12(18)7-21-25)16(26)22-15-14(19)10-24(23-15)8-11-3-5-13(20)6-4-11/h3-7,9-10H,8H2,1-2H3,(H,22,23,26). The number of amides is 1. The first kappa shape index (κ1) is 19.1.